The Morgan fingerprint density at radius 1 is 1.15 bits per heavy atom. The molecule has 1 spiro atoms. The van der Waals surface area contributed by atoms with Crippen LogP contribution in [-0.2, 0) is 0 Å². The number of anilines is 1. The molecule has 2 aliphatic rings. The maximum atomic E-state index is 4.24. The van der Waals surface area contributed by atoms with Crippen molar-refractivity contribution in [2.75, 3.05) is 24.5 Å². The average molecular weight is 267 g/mol. The van der Waals surface area contributed by atoms with E-state index < -0.39 is 0 Å². The van der Waals surface area contributed by atoms with E-state index in [1.807, 2.05) is 12.4 Å². The molecule has 0 radical (unpaired) electrons. The normalized spacial score (nSPS) is 21.7. The van der Waals surface area contributed by atoms with Crippen molar-refractivity contribution in [3.8, 4) is 0 Å². The number of fused-ring (bicyclic) bond motifs is 1. The molecule has 4 rings (SSSR count). The van der Waals surface area contributed by atoms with E-state index in [2.05, 4.69) is 39.5 Å². The molecule has 0 atom stereocenters. The molecule has 0 bridgehead atoms. The Morgan fingerprint density at radius 3 is 2.95 bits per heavy atom. The number of benzene rings is 1. The Morgan fingerprint density at radius 2 is 2.05 bits per heavy atom. The number of hydrogen-bond acceptors (Lipinski definition) is 3. The van der Waals surface area contributed by atoms with Gasteiger partial charge in [-0.1, -0.05) is 25.0 Å². The second-order valence-electron chi connectivity index (χ2n) is 6.21. The van der Waals surface area contributed by atoms with E-state index in [1.54, 1.807) is 0 Å². The minimum Gasteiger partial charge on any atom is -0.368 e. The zero-order valence-corrected chi connectivity index (χ0v) is 11.8. The first-order chi connectivity index (χ1) is 9.86. The highest BCUT2D eigenvalue weighted by atomic mass is 15.2. The van der Waals surface area contributed by atoms with Crippen molar-refractivity contribution in [3.63, 3.8) is 0 Å². The lowest BCUT2D eigenvalue weighted by Crippen LogP contribution is -2.59. The molecule has 0 amide bonds. The van der Waals surface area contributed by atoms with Crippen LogP contribution in [0.15, 0.2) is 36.7 Å². The van der Waals surface area contributed by atoms with Gasteiger partial charge in [0.25, 0.3) is 0 Å². The second-order valence-corrected chi connectivity index (χ2v) is 6.21. The van der Waals surface area contributed by atoms with Crippen LogP contribution in [0.2, 0.25) is 0 Å². The average Bonchev–Trinajstić information content (AvgIpc) is 2.94. The third-order valence-electron chi connectivity index (χ3n) is 4.93. The first kappa shape index (κ1) is 12.2. The standard InChI is InChI=1S/C17H21N3/c1-2-8-17(7-1)13-20(11-10-19-17)16-5-3-4-14-12-18-9-6-15(14)16/h3-6,9,12,19H,1-2,7-8,10-11,13H2. The van der Waals surface area contributed by atoms with Gasteiger partial charge < -0.3 is 10.2 Å². The Bertz CT molecular complexity index is 611. The quantitative estimate of drug-likeness (QED) is 0.861. The van der Waals surface area contributed by atoms with E-state index in [1.165, 1.54) is 42.1 Å². The van der Waals surface area contributed by atoms with Gasteiger partial charge in [0.1, 0.15) is 0 Å². The maximum absolute atomic E-state index is 4.24. The van der Waals surface area contributed by atoms with Gasteiger partial charge in [-0.2, -0.15) is 0 Å². The summed E-state index contributed by atoms with van der Waals surface area (Å²) in [5.74, 6) is 0. The fourth-order valence-electron chi connectivity index (χ4n) is 3.93. The molecule has 2 fully saturated rings. The third kappa shape index (κ3) is 1.97. The SMILES string of the molecule is c1cc(N2CCNC3(CCCC3)C2)c2ccncc2c1. The fourth-order valence-corrected chi connectivity index (χ4v) is 3.93. The summed E-state index contributed by atoms with van der Waals surface area (Å²) in [6.45, 7) is 3.35. The zero-order chi connectivity index (χ0) is 13.4. The molecule has 1 saturated heterocycles. The first-order valence-corrected chi connectivity index (χ1v) is 7.69. The molecule has 20 heavy (non-hydrogen) atoms. The molecular weight excluding hydrogens is 246 g/mol. The summed E-state index contributed by atoms with van der Waals surface area (Å²) in [5.41, 5.74) is 1.74. The van der Waals surface area contributed by atoms with Crippen LogP contribution in [0.5, 0.6) is 0 Å². The summed E-state index contributed by atoms with van der Waals surface area (Å²) in [6, 6.07) is 8.71. The van der Waals surface area contributed by atoms with Crippen LogP contribution >= 0.6 is 0 Å². The van der Waals surface area contributed by atoms with Crippen LogP contribution < -0.4 is 10.2 Å². The molecule has 1 aromatic carbocycles. The second kappa shape index (κ2) is 4.74. The van der Waals surface area contributed by atoms with Crippen LogP contribution in [0.3, 0.4) is 0 Å². The van der Waals surface area contributed by atoms with Crippen molar-refractivity contribution in [3.05, 3.63) is 36.7 Å². The Labute approximate surface area is 120 Å². The van der Waals surface area contributed by atoms with Gasteiger partial charge in [-0.05, 0) is 25.0 Å². The van der Waals surface area contributed by atoms with Crippen LogP contribution in [0.4, 0.5) is 5.69 Å². The summed E-state index contributed by atoms with van der Waals surface area (Å²) in [7, 11) is 0. The van der Waals surface area contributed by atoms with Crippen LogP contribution in [0.1, 0.15) is 25.7 Å². The molecule has 1 aliphatic carbocycles. The smallest absolute Gasteiger partial charge is 0.0448 e. The number of hydrogen-bond donors (Lipinski definition) is 1. The zero-order valence-electron chi connectivity index (χ0n) is 11.8. The van der Waals surface area contributed by atoms with E-state index in [-0.39, 0.29) is 0 Å². The molecule has 1 aliphatic heterocycles. The summed E-state index contributed by atoms with van der Waals surface area (Å²) < 4.78 is 0. The Balaban J connectivity index is 1.72. The van der Waals surface area contributed by atoms with Gasteiger partial charge in [-0.15, -0.1) is 0 Å². The molecule has 2 heterocycles. The lowest BCUT2D eigenvalue weighted by molar-refractivity contribution is 0.304. The topological polar surface area (TPSA) is 28.2 Å². The van der Waals surface area contributed by atoms with E-state index in [0.29, 0.717) is 5.54 Å². The highest BCUT2D eigenvalue weighted by molar-refractivity contribution is 5.93. The van der Waals surface area contributed by atoms with Gasteiger partial charge in [0, 0.05) is 54.0 Å². The molecule has 1 N–H and O–H groups in total. The number of nitrogens with zero attached hydrogens (tertiary/aromatic N) is 2. The minimum absolute atomic E-state index is 0.368. The number of piperazine rings is 1. The number of aromatic nitrogens is 1. The first-order valence-electron chi connectivity index (χ1n) is 7.69. The van der Waals surface area contributed by atoms with Crippen LogP contribution in [0.25, 0.3) is 10.8 Å². The lowest BCUT2D eigenvalue weighted by Gasteiger charge is -2.43. The predicted octanol–water partition coefficient (Wildman–Crippen LogP) is 2.96. The van der Waals surface area contributed by atoms with Gasteiger partial charge >= 0.3 is 0 Å². The summed E-state index contributed by atoms with van der Waals surface area (Å²) in [4.78, 5) is 6.81. The Hall–Kier alpha value is -1.61. The van der Waals surface area contributed by atoms with Gasteiger partial charge in [-0.3, -0.25) is 4.98 Å². The third-order valence-corrected chi connectivity index (χ3v) is 4.93. The van der Waals surface area contributed by atoms with Crippen molar-refractivity contribution >= 4 is 16.5 Å². The van der Waals surface area contributed by atoms with Crippen molar-refractivity contribution in [2.45, 2.75) is 31.2 Å². The van der Waals surface area contributed by atoms with Crippen molar-refractivity contribution in [2.24, 2.45) is 0 Å². The molecule has 1 aromatic heterocycles. The number of pyridine rings is 1. The molecule has 0 unspecified atom stereocenters. The highest BCUT2D eigenvalue weighted by Crippen LogP contribution is 2.35. The predicted molar refractivity (Wildman–Crippen MR) is 83.2 cm³/mol. The van der Waals surface area contributed by atoms with Crippen molar-refractivity contribution in [1.82, 2.24) is 10.3 Å². The number of rotatable bonds is 1. The molecule has 2 aromatic rings. The van der Waals surface area contributed by atoms with E-state index >= 15 is 0 Å². The maximum Gasteiger partial charge on any atom is 0.0448 e. The summed E-state index contributed by atoms with van der Waals surface area (Å²) in [5, 5.41) is 6.36. The van der Waals surface area contributed by atoms with Gasteiger partial charge in [-0.25, -0.2) is 0 Å². The van der Waals surface area contributed by atoms with E-state index in [0.717, 1.165) is 19.6 Å². The number of nitrogens with one attached hydrogen (secondary N) is 1. The molecule has 3 nitrogen and oxygen atoms in total. The summed E-state index contributed by atoms with van der Waals surface area (Å²) >= 11 is 0. The largest absolute Gasteiger partial charge is 0.368 e. The summed E-state index contributed by atoms with van der Waals surface area (Å²) in [6.07, 6.45) is 9.28. The molecule has 1 saturated carbocycles. The molecular formula is C17H21N3. The molecule has 3 heteroatoms. The van der Waals surface area contributed by atoms with Crippen molar-refractivity contribution < 1.29 is 0 Å². The van der Waals surface area contributed by atoms with Gasteiger partial charge in [0.2, 0.25) is 0 Å². The highest BCUT2D eigenvalue weighted by Gasteiger charge is 2.37. The van der Waals surface area contributed by atoms with Crippen molar-refractivity contribution in [1.29, 1.82) is 0 Å². The fraction of sp³-hybridized carbons (Fsp3) is 0.471. The minimum atomic E-state index is 0.368. The van der Waals surface area contributed by atoms with Gasteiger partial charge in [0.05, 0.1) is 0 Å². The molecule has 104 valence electrons. The van der Waals surface area contributed by atoms with Crippen LogP contribution in [0, 0.1) is 0 Å². The monoisotopic (exact) mass is 267 g/mol. The van der Waals surface area contributed by atoms with Crippen LogP contribution in [-0.4, -0.2) is 30.2 Å². The van der Waals surface area contributed by atoms with E-state index in [4.69, 9.17) is 0 Å². The lowest BCUT2D eigenvalue weighted by atomic mass is 9.94. The Kier molecular flexibility index (Phi) is 2.88. The van der Waals surface area contributed by atoms with Gasteiger partial charge in [0.15, 0.2) is 0 Å². The van der Waals surface area contributed by atoms with E-state index in [9.17, 15) is 0 Å².